The van der Waals surface area contributed by atoms with Crippen LogP contribution in [0, 0.1) is 5.82 Å². The molecule has 3 aromatic heterocycles. The summed E-state index contributed by atoms with van der Waals surface area (Å²) in [6, 6.07) is 16.3. The first-order valence-corrected chi connectivity index (χ1v) is 11.5. The number of benzene rings is 2. The van der Waals surface area contributed by atoms with Gasteiger partial charge in [0.25, 0.3) is 0 Å². The van der Waals surface area contributed by atoms with Crippen molar-refractivity contribution in [3.63, 3.8) is 0 Å². The van der Waals surface area contributed by atoms with Gasteiger partial charge >= 0.3 is 0 Å². The van der Waals surface area contributed by atoms with Gasteiger partial charge in [-0.15, -0.1) is 10.2 Å². The van der Waals surface area contributed by atoms with Crippen molar-refractivity contribution in [2.75, 3.05) is 12.4 Å². The van der Waals surface area contributed by atoms with Gasteiger partial charge in [0, 0.05) is 17.5 Å². The summed E-state index contributed by atoms with van der Waals surface area (Å²) in [6.45, 7) is 0.293. The summed E-state index contributed by atoms with van der Waals surface area (Å²) in [4.78, 5) is 13.1. The predicted octanol–water partition coefficient (Wildman–Crippen LogP) is 5.86. The molecular weight excluding hydrogens is 465 g/mol. The van der Waals surface area contributed by atoms with Crippen LogP contribution in [-0.2, 0) is 0 Å². The lowest BCUT2D eigenvalue weighted by Crippen LogP contribution is -2.11. The fourth-order valence-corrected chi connectivity index (χ4v) is 4.44. The van der Waals surface area contributed by atoms with Gasteiger partial charge in [0.2, 0.25) is 11.2 Å². The van der Waals surface area contributed by atoms with Gasteiger partial charge in [-0.25, -0.2) is 4.39 Å². The van der Waals surface area contributed by atoms with Crippen LogP contribution in [-0.4, -0.2) is 27.0 Å². The van der Waals surface area contributed by atoms with Gasteiger partial charge in [-0.3, -0.25) is 9.20 Å². The summed E-state index contributed by atoms with van der Waals surface area (Å²) in [5.74, 6) is 0.719. The number of pyridine rings is 1. The molecule has 0 N–H and O–H groups in total. The zero-order chi connectivity index (χ0) is 22.8. The summed E-state index contributed by atoms with van der Waals surface area (Å²) in [5, 5.41) is 9.98. The molecule has 6 nitrogen and oxygen atoms in total. The van der Waals surface area contributed by atoms with Gasteiger partial charge in [0.1, 0.15) is 11.4 Å². The van der Waals surface area contributed by atoms with E-state index in [1.165, 1.54) is 23.9 Å². The van der Waals surface area contributed by atoms with Crippen molar-refractivity contribution in [2.24, 2.45) is 0 Å². The van der Waals surface area contributed by atoms with Gasteiger partial charge in [-0.05, 0) is 55.0 Å². The molecule has 0 fully saturated rings. The highest BCUT2D eigenvalue weighted by molar-refractivity contribution is 7.99. The molecule has 0 spiro atoms. The first-order chi connectivity index (χ1) is 16.1. The number of ether oxygens (including phenoxy) is 1. The van der Waals surface area contributed by atoms with Gasteiger partial charge in [0.15, 0.2) is 16.6 Å². The Morgan fingerprint density at radius 1 is 1.06 bits per heavy atom. The molecule has 0 radical (unpaired) electrons. The van der Waals surface area contributed by atoms with Crippen LogP contribution in [0.15, 0.2) is 81.2 Å². The Balaban J connectivity index is 1.34. The molecule has 0 amide bonds. The zero-order valence-corrected chi connectivity index (χ0v) is 18.8. The Bertz CT molecular complexity index is 1500. The maximum Gasteiger partial charge on any atom is 0.235 e. The van der Waals surface area contributed by atoms with E-state index in [9.17, 15) is 9.18 Å². The molecule has 5 rings (SSSR count). The van der Waals surface area contributed by atoms with E-state index in [0.717, 1.165) is 5.16 Å². The van der Waals surface area contributed by atoms with Crippen molar-refractivity contribution in [2.45, 2.75) is 11.6 Å². The first kappa shape index (κ1) is 21.5. The van der Waals surface area contributed by atoms with Crippen LogP contribution in [0.1, 0.15) is 6.42 Å². The minimum Gasteiger partial charge on any atom is -0.486 e. The summed E-state index contributed by atoms with van der Waals surface area (Å²) in [6.07, 6.45) is 2.50. The number of halogens is 2. The minimum absolute atomic E-state index is 0.116. The highest BCUT2D eigenvalue weighted by atomic mass is 35.5. The second kappa shape index (κ2) is 9.25. The van der Waals surface area contributed by atoms with Crippen molar-refractivity contribution in [1.82, 2.24) is 14.6 Å². The smallest absolute Gasteiger partial charge is 0.235 e. The monoisotopic (exact) mass is 481 g/mol. The van der Waals surface area contributed by atoms with Crippen LogP contribution < -0.4 is 10.2 Å². The summed E-state index contributed by atoms with van der Waals surface area (Å²) >= 11 is 7.66. The van der Waals surface area contributed by atoms with Crippen LogP contribution in [0.2, 0.25) is 5.02 Å². The molecule has 0 aliphatic rings. The number of hydrogen-bond donors (Lipinski definition) is 0. The topological polar surface area (TPSA) is 69.6 Å². The van der Waals surface area contributed by atoms with E-state index >= 15 is 0 Å². The first-order valence-electron chi connectivity index (χ1n) is 10.2. The maximum absolute atomic E-state index is 13.4. The lowest BCUT2D eigenvalue weighted by molar-refractivity contribution is 0.310. The number of para-hydroxylation sites is 1. The quantitative estimate of drug-likeness (QED) is 0.214. The third-order valence-corrected chi connectivity index (χ3v) is 6.31. The van der Waals surface area contributed by atoms with E-state index < -0.39 is 0 Å². The summed E-state index contributed by atoms with van der Waals surface area (Å²) in [5.41, 5.74) is 1.36. The van der Waals surface area contributed by atoms with E-state index in [-0.39, 0.29) is 22.8 Å². The predicted molar refractivity (Wildman–Crippen MR) is 127 cm³/mol. The van der Waals surface area contributed by atoms with E-state index in [1.54, 1.807) is 42.5 Å². The molecule has 0 saturated heterocycles. The Labute approximate surface area is 197 Å². The number of hydrogen-bond acceptors (Lipinski definition) is 6. The maximum atomic E-state index is 13.4. The third-order valence-electron chi connectivity index (χ3n) is 4.98. The summed E-state index contributed by atoms with van der Waals surface area (Å²) < 4.78 is 27.1. The molecule has 0 aliphatic carbocycles. The van der Waals surface area contributed by atoms with Crippen molar-refractivity contribution in [1.29, 1.82) is 0 Å². The SMILES string of the molecule is O=c1c(OCCCSc2nnc3c(Cl)cccn23)c(-c2ccc(F)cc2)oc2ccccc12. The van der Waals surface area contributed by atoms with Gasteiger partial charge in [0.05, 0.1) is 17.0 Å². The Morgan fingerprint density at radius 2 is 1.88 bits per heavy atom. The van der Waals surface area contributed by atoms with Crippen LogP contribution >= 0.6 is 23.4 Å². The van der Waals surface area contributed by atoms with Gasteiger partial charge < -0.3 is 9.15 Å². The van der Waals surface area contributed by atoms with Crippen molar-refractivity contribution in [3.05, 3.63) is 87.9 Å². The van der Waals surface area contributed by atoms with E-state index in [2.05, 4.69) is 10.2 Å². The Hall–Kier alpha value is -3.36. The molecule has 166 valence electrons. The highest BCUT2D eigenvalue weighted by Crippen LogP contribution is 2.31. The van der Waals surface area contributed by atoms with Crippen molar-refractivity contribution < 1.29 is 13.5 Å². The standard InChI is InChI=1S/C24H17ClFN3O3S/c25-18-6-3-12-29-23(18)27-28-24(29)33-14-4-13-31-22-20(30)17-5-1-2-7-19(17)32-21(22)15-8-10-16(26)11-9-15/h1-3,5-12H,4,13-14H2. The third kappa shape index (κ3) is 4.31. The minimum atomic E-state index is -0.372. The Kier molecular flexibility index (Phi) is 6.02. The molecule has 3 heterocycles. The van der Waals surface area contributed by atoms with Crippen LogP contribution in [0.25, 0.3) is 27.9 Å². The molecule has 0 aliphatic heterocycles. The molecule has 33 heavy (non-hydrogen) atoms. The molecule has 9 heteroatoms. The highest BCUT2D eigenvalue weighted by Gasteiger charge is 2.18. The molecule has 5 aromatic rings. The lowest BCUT2D eigenvalue weighted by Gasteiger charge is -2.11. The zero-order valence-electron chi connectivity index (χ0n) is 17.2. The lowest BCUT2D eigenvalue weighted by atomic mass is 10.1. The summed E-state index contributed by atoms with van der Waals surface area (Å²) in [7, 11) is 0. The van der Waals surface area contributed by atoms with E-state index in [1.807, 2.05) is 16.7 Å². The second-order valence-corrected chi connectivity index (χ2v) is 8.64. The molecule has 0 unspecified atom stereocenters. The average molecular weight is 482 g/mol. The van der Waals surface area contributed by atoms with Crippen molar-refractivity contribution >= 4 is 40.0 Å². The molecular formula is C24H17ClFN3O3S. The van der Waals surface area contributed by atoms with Crippen LogP contribution in [0.3, 0.4) is 0 Å². The average Bonchev–Trinajstić information content (AvgIpc) is 3.25. The fourth-order valence-electron chi connectivity index (χ4n) is 3.40. The van der Waals surface area contributed by atoms with Crippen LogP contribution in [0.4, 0.5) is 4.39 Å². The normalized spacial score (nSPS) is 11.3. The largest absolute Gasteiger partial charge is 0.486 e. The van der Waals surface area contributed by atoms with Gasteiger partial charge in [-0.2, -0.15) is 0 Å². The van der Waals surface area contributed by atoms with E-state index in [0.29, 0.717) is 46.0 Å². The molecule has 2 aromatic carbocycles. The number of fused-ring (bicyclic) bond motifs is 2. The van der Waals surface area contributed by atoms with Gasteiger partial charge in [-0.1, -0.05) is 35.5 Å². The van der Waals surface area contributed by atoms with Crippen molar-refractivity contribution in [3.8, 4) is 17.1 Å². The molecule has 0 bridgehead atoms. The number of nitrogens with zero attached hydrogens (tertiary/aromatic N) is 3. The molecule has 0 saturated carbocycles. The Morgan fingerprint density at radius 3 is 2.73 bits per heavy atom. The molecule has 0 atom stereocenters. The number of thioether (sulfide) groups is 1. The van der Waals surface area contributed by atoms with E-state index in [4.69, 9.17) is 20.8 Å². The number of aromatic nitrogens is 3. The van der Waals surface area contributed by atoms with Crippen LogP contribution in [0.5, 0.6) is 5.75 Å². The second-order valence-electron chi connectivity index (χ2n) is 7.18. The fraction of sp³-hybridized carbons (Fsp3) is 0.125. The number of rotatable bonds is 7.